The second kappa shape index (κ2) is 11.0. The van der Waals surface area contributed by atoms with Crippen LogP contribution in [0.2, 0.25) is 0 Å². The van der Waals surface area contributed by atoms with Crippen LogP contribution in [0.5, 0.6) is 0 Å². The van der Waals surface area contributed by atoms with Crippen molar-refractivity contribution < 1.29 is 29.0 Å². The van der Waals surface area contributed by atoms with Crippen LogP contribution in [0.25, 0.3) is 11.0 Å². The van der Waals surface area contributed by atoms with Gasteiger partial charge in [0.2, 0.25) is 11.8 Å². The Morgan fingerprint density at radius 2 is 2.00 bits per heavy atom. The number of guanidine groups is 1. The number of carbonyl (C=O) groups excluding carboxylic acids is 2. The third-order valence-electron chi connectivity index (χ3n) is 5.85. The van der Waals surface area contributed by atoms with Gasteiger partial charge in [-0.2, -0.15) is 0 Å². The Labute approximate surface area is 201 Å². The molecule has 1 aliphatic rings. The fourth-order valence-corrected chi connectivity index (χ4v) is 3.90. The zero-order valence-electron chi connectivity index (χ0n) is 19.3. The third-order valence-corrected chi connectivity index (χ3v) is 5.85. The predicted molar refractivity (Wildman–Crippen MR) is 127 cm³/mol. The molecule has 1 aromatic carbocycles. The number of aliphatic carboxylic acids is 1. The van der Waals surface area contributed by atoms with Gasteiger partial charge < -0.3 is 41.6 Å². The Hall–Kier alpha value is -3.90. The van der Waals surface area contributed by atoms with E-state index in [0.717, 1.165) is 11.0 Å². The van der Waals surface area contributed by atoms with Crippen LogP contribution in [0.4, 0.5) is 0 Å². The first-order valence-corrected chi connectivity index (χ1v) is 11.1. The minimum Gasteiger partial charge on any atom is -0.480 e. The average Bonchev–Trinajstić information content (AvgIpc) is 3.41. The summed E-state index contributed by atoms with van der Waals surface area (Å²) in [5.74, 6) is -2.56. The fourth-order valence-electron chi connectivity index (χ4n) is 3.90. The molecule has 0 bridgehead atoms. The summed E-state index contributed by atoms with van der Waals surface area (Å²) in [6.45, 7) is 2.55. The van der Waals surface area contributed by atoms with Crippen LogP contribution in [0.3, 0.4) is 0 Å². The van der Waals surface area contributed by atoms with Gasteiger partial charge in [-0.15, -0.1) is 0 Å². The summed E-state index contributed by atoms with van der Waals surface area (Å²) in [6.07, 6.45) is 0.324. The van der Waals surface area contributed by atoms with Gasteiger partial charge in [0.05, 0.1) is 6.04 Å². The number of nitrogens with two attached hydrogens (primary N) is 2. The molecule has 2 amide bonds. The van der Waals surface area contributed by atoms with Gasteiger partial charge in [0.15, 0.2) is 12.0 Å². The molecule has 0 saturated carbocycles. The summed E-state index contributed by atoms with van der Waals surface area (Å²) >= 11 is 0. The van der Waals surface area contributed by atoms with Crippen LogP contribution in [0.1, 0.15) is 30.3 Å². The molecule has 12 heteroatoms. The van der Waals surface area contributed by atoms with E-state index in [2.05, 4.69) is 10.6 Å². The van der Waals surface area contributed by atoms with Crippen LogP contribution in [-0.2, 0) is 14.4 Å². The lowest BCUT2D eigenvalue weighted by Crippen LogP contribution is -2.46. The topological polar surface area (TPSA) is 208 Å². The monoisotopic (exact) mass is 486 g/mol. The van der Waals surface area contributed by atoms with Crippen LogP contribution < -0.4 is 22.1 Å². The number of para-hydroxylation sites is 1. The van der Waals surface area contributed by atoms with E-state index < -0.39 is 36.0 Å². The van der Waals surface area contributed by atoms with Crippen molar-refractivity contribution in [3.8, 4) is 0 Å². The first kappa shape index (κ1) is 25.7. The Balaban J connectivity index is 1.50. The van der Waals surface area contributed by atoms with Crippen molar-refractivity contribution in [2.75, 3.05) is 19.6 Å². The summed E-state index contributed by atoms with van der Waals surface area (Å²) in [7, 11) is 0. The van der Waals surface area contributed by atoms with Gasteiger partial charge in [0, 0.05) is 37.0 Å². The van der Waals surface area contributed by atoms with Gasteiger partial charge in [-0.25, -0.2) is 4.79 Å². The average molecular weight is 487 g/mol. The predicted octanol–water partition coefficient (Wildman–Crippen LogP) is -0.297. The van der Waals surface area contributed by atoms with E-state index in [1.54, 1.807) is 36.1 Å². The van der Waals surface area contributed by atoms with E-state index in [-0.39, 0.29) is 31.1 Å². The third kappa shape index (κ3) is 6.16. The number of nitrogens with one attached hydrogen (secondary N) is 3. The lowest BCUT2D eigenvalue weighted by Gasteiger charge is -2.20. The van der Waals surface area contributed by atoms with Crippen molar-refractivity contribution in [2.45, 2.75) is 38.0 Å². The van der Waals surface area contributed by atoms with Crippen molar-refractivity contribution in [1.29, 1.82) is 5.41 Å². The highest BCUT2D eigenvalue weighted by Crippen LogP contribution is 2.31. The van der Waals surface area contributed by atoms with E-state index in [9.17, 15) is 24.6 Å². The first-order valence-electron chi connectivity index (χ1n) is 11.1. The van der Waals surface area contributed by atoms with Crippen LogP contribution in [0.15, 0.2) is 40.3 Å². The number of aliphatic hydroxyl groups is 1. The second-order valence-corrected chi connectivity index (χ2v) is 8.40. The summed E-state index contributed by atoms with van der Waals surface area (Å²) in [4.78, 5) is 38.0. The number of hydrogen-bond acceptors (Lipinski definition) is 7. The van der Waals surface area contributed by atoms with Crippen molar-refractivity contribution in [2.24, 2.45) is 11.5 Å². The summed E-state index contributed by atoms with van der Waals surface area (Å²) in [6, 6.07) is 4.55. The maximum Gasteiger partial charge on any atom is 0.329 e. The molecule has 12 nitrogen and oxygen atoms in total. The largest absolute Gasteiger partial charge is 0.480 e. The van der Waals surface area contributed by atoms with Gasteiger partial charge in [-0.1, -0.05) is 29.8 Å². The Morgan fingerprint density at radius 1 is 1.29 bits per heavy atom. The smallest absolute Gasteiger partial charge is 0.329 e. The quantitative estimate of drug-likeness (QED) is 0.133. The SMILES string of the molecule is Cc1c(C(O)C(NC(=O)CCNC(=O)C(N)CC2=CCN(C(=N)N)C2)C(=O)O)oc2ccccc12. The minimum absolute atomic E-state index is 0.0550. The second-order valence-electron chi connectivity index (χ2n) is 8.40. The normalized spacial score (nSPS) is 15.9. The number of hydrogen-bond donors (Lipinski definition) is 7. The summed E-state index contributed by atoms with van der Waals surface area (Å²) in [5, 5.41) is 33.2. The van der Waals surface area contributed by atoms with Crippen molar-refractivity contribution in [3.63, 3.8) is 0 Å². The molecule has 0 saturated heterocycles. The highest BCUT2D eigenvalue weighted by Gasteiger charge is 2.33. The van der Waals surface area contributed by atoms with Gasteiger partial charge >= 0.3 is 5.97 Å². The highest BCUT2D eigenvalue weighted by molar-refractivity contribution is 5.86. The highest BCUT2D eigenvalue weighted by atomic mass is 16.4. The number of carboxylic acid groups (broad SMARTS) is 1. The number of aryl methyl sites for hydroxylation is 1. The lowest BCUT2D eigenvalue weighted by atomic mass is 10.0. The molecule has 0 radical (unpaired) electrons. The Morgan fingerprint density at radius 3 is 2.63 bits per heavy atom. The molecular formula is C23H30N6O6. The van der Waals surface area contributed by atoms with Crippen LogP contribution in [0, 0.1) is 12.3 Å². The zero-order chi connectivity index (χ0) is 25.7. The van der Waals surface area contributed by atoms with E-state index in [4.69, 9.17) is 21.3 Å². The molecule has 9 N–H and O–H groups in total. The number of carboxylic acids is 1. The molecule has 0 fully saturated rings. The molecule has 188 valence electrons. The summed E-state index contributed by atoms with van der Waals surface area (Å²) in [5.41, 5.74) is 13.3. The summed E-state index contributed by atoms with van der Waals surface area (Å²) < 4.78 is 5.62. The number of fused-ring (bicyclic) bond motifs is 1. The van der Waals surface area contributed by atoms with Crippen molar-refractivity contribution in [1.82, 2.24) is 15.5 Å². The van der Waals surface area contributed by atoms with E-state index in [1.165, 1.54) is 0 Å². The van der Waals surface area contributed by atoms with Gasteiger partial charge in [-0.3, -0.25) is 15.0 Å². The van der Waals surface area contributed by atoms with Crippen LogP contribution in [-0.4, -0.2) is 70.6 Å². The number of aliphatic hydroxyl groups excluding tert-OH is 1. The number of benzene rings is 1. The first-order chi connectivity index (χ1) is 16.6. The molecule has 1 aromatic heterocycles. The maximum atomic E-state index is 12.3. The van der Waals surface area contributed by atoms with Gasteiger partial charge in [0.1, 0.15) is 17.4 Å². The zero-order valence-corrected chi connectivity index (χ0v) is 19.3. The van der Waals surface area contributed by atoms with Gasteiger partial charge in [-0.05, 0) is 19.4 Å². The molecule has 1 aliphatic heterocycles. The van der Waals surface area contributed by atoms with Crippen molar-refractivity contribution in [3.05, 3.63) is 47.2 Å². The molecule has 3 atom stereocenters. The molecule has 3 unspecified atom stereocenters. The lowest BCUT2D eigenvalue weighted by molar-refractivity contribution is -0.145. The number of nitrogens with zero attached hydrogens (tertiary/aromatic N) is 1. The van der Waals surface area contributed by atoms with E-state index >= 15 is 0 Å². The number of rotatable bonds is 10. The number of furan rings is 1. The van der Waals surface area contributed by atoms with Crippen LogP contribution >= 0.6 is 0 Å². The van der Waals surface area contributed by atoms with Crippen molar-refractivity contribution >= 4 is 34.7 Å². The van der Waals surface area contributed by atoms with Gasteiger partial charge in [0.25, 0.3) is 0 Å². The molecule has 3 rings (SSSR count). The molecular weight excluding hydrogens is 456 g/mol. The number of carbonyl (C=O) groups is 3. The standard InChI is InChI=1S/C23H30N6O6/c1-12-14-4-2-3-5-16(14)35-20(12)19(31)18(22(33)34)28-17(30)6-8-27-21(32)15(24)10-13-7-9-29(11-13)23(25)26/h2-5,7,15,18-19,31H,6,8-11,24H2,1H3,(H3,25,26)(H,27,32)(H,28,30)(H,33,34). The molecule has 0 spiro atoms. The minimum atomic E-state index is -1.64. The Kier molecular flexibility index (Phi) is 8.10. The van der Waals surface area contributed by atoms with E-state index in [0.29, 0.717) is 24.2 Å². The fraction of sp³-hybridized carbons (Fsp3) is 0.391. The molecule has 35 heavy (non-hydrogen) atoms. The molecule has 0 aliphatic carbocycles. The maximum absolute atomic E-state index is 12.3. The molecule has 2 heterocycles. The molecule has 2 aromatic rings. The number of amides is 2. The van der Waals surface area contributed by atoms with E-state index in [1.807, 2.05) is 6.08 Å². The Bertz CT molecular complexity index is 1160.